The molecule has 5 heteroatoms. The third-order valence-electron chi connectivity index (χ3n) is 9.62. The highest BCUT2D eigenvalue weighted by molar-refractivity contribution is 6.11. The van der Waals surface area contributed by atoms with Crippen molar-refractivity contribution < 1.29 is 0 Å². The molecule has 9 aromatic rings. The summed E-state index contributed by atoms with van der Waals surface area (Å²) in [5, 5.41) is 34.2. The molecule has 50 heavy (non-hydrogen) atoms. The predicted octanol–water partition coefficient (Wildman–Crippen LogP) is 10.8. The number of hydrogen-bond acceptors (Lipinski definition) is 3. The molecule has 0 aliphatic heterocycles. The van der Waals surface area contributed by atoms with Crippen LogP contribution in [0.2, 0.25) is 0 Å². The van der Waals surface area contributed by atoms with Crippen molar-refractivity contribution in [3.8, 4) is 51.8 Å². The van der Waals surface area contributed by atoms with E-state index in [9.17, 15) is 15.8 Å². The Hall–Kier alpha value is -7.39. The van der Waals surface area contributed by atoms with Gasteiger partial charge in [0.25, 0.3) is 0 Å². The summed E-state index contributed by atoms with van der Waals surface area (Å²) in [5.74, 6) is 0. The van der Waals surface area contributed by atoms with E-state index >= 15 is 0 Å². The fourth-order valence-electron chi connectivity index (χ4n) is 7.49. The molecule has 5 nitrogen and oxygen atoms in total. The van der Waals surface area contributed by atoms with Crippen LogP contribution < -0.4 is 0 Å². The molecule has 0 fully saturated rings. The summed E-state index contributed by atoms with van der Waals surface area (Å²) in [7, 11) is 0. The minimum atomic E-state index is 0.573. The van der Waals surface area contributed by atoms with Crippen LogP contribution in [0, 0.1) is 34.0 Å². The van der Waals surface area contributed by atoms with E-state index in [-0.39, 0.29) is 0 Å². The van der Waals surface area contributed by atoms with Crippen molar-refractivity contribution >= 4 is 43.6 Å². The number of para-hydroxylation sites is 3. The monoisotopic (exact) mass is 635 g/mol. The van der Waals surface area contributed by atoms with Gasteiger partial charge in [-0.25, -0.2) is 0 Å². The quantitative estimate of drug-likeness (QED) is 0.193. The Balaban J connectivity index is 1.30. The molecule has 230 valence electrons. The number of benzene rings is 7. The largest absolute Gasteiger partial charge is 0.309 e. The second kappa shape index (κ2) is 11.4. The van der Waals surface area contributed by atoms with Gasteiger partial charge < -0.3 is 9.13 Å². The molecule has 2 heterocycles. The number of nitriles is 3. The Bertz CT molecular complexity index is 2970. The zero-order valence-corrected chi connectivity index (χ0v) is 26.7. The number of hydrogen-bond donors (Lipinski definition) is 0. The van der Waals surface area contributed by atoms with Crippen molar-refractivity contribution in [1.82, 2.24) is 9.13 Å². The van der Waals surface area contributed by atoms with Gasteiger partial charge >= 0.3 is 0 Å². The molecule has 0 aliphatic rings. The number of fused-ring (bicyclic) bond motifs is 6. The topological polar surface area (TPSA) is 81.2 Å². The smallest absolute Gasteiger partial charge is 0.0998 e. The van der Waals surface area contributed by atoms with Gasteiger partial charge in [-0.1, -0.05) is 84.9 Å². The van der Waals surface area contributed by atoms with Gasteiger partial charge in [0.05, 0.1) is 62.7 Å². The predicted molar refractivity (Wildman–Crippen MR) is 200 cm³/mol. The summed E-state index contributed by atoms with van der Waals surface area (Å²) >= 11 is 0. The van der Waals surface area contributed by atoms with Gasteiger partial charge in [0.1, 0.15) is 0 Å². The molecule has 0 saturated carbocycles. The highest BCUT2D eigenvalue weighted by Crippen LogP contribution is 2.42. The second-order valence-electron chi connectivity index (χ2n) is 12.3. The normalized spacial score (nSPS) is 11.1. The van der Waals surface area contributed by atoms with Crippen LogP contribution in [0.3, 0.4) is 0 Å². The maximum Gasteiger partial charge on any atom is 0.0998 e. The van der Waals surface area contributed by atoms with E-state index in [4.69, 9.17) is 0 Å². The van der Waals surface area contributed by atoms with E-state index < -0.39 is 0 Å². The zero-order valence-electron chi connectivity index (χ0n) is 26.7. The van der Waals surface area contributed by atoms with Gasteiger partial charge in [0, 0.05) is 38.4 Å². The van der Waals surface area contributed by atoms with E-state index in [2.05, 4.69) is 88.0 Å². The van der Waals surface area contributed by atoms with Crippen LogP contribution in [0.5, 0.6) is 0 Å². The second-order valence-corrected chi connectivity index (χ2v) is 12.3. The Morgan fingerprint density at radius 1 is 0.400 bits per heavy atom. The van der Waals surface area contributed by atoms with Gasteiger partial charge in [0.15, 0.2) is 0 Å². The molecule has 0 radical (unpaired) electrons. The standard InChI is InChI=1S/C45H25N5/c46-26-29-20-22-43-39(23-29)36-13-2-5-17-41(36)50(43)42-18-6-3-14-38(42)45-32(28-48)10-8-15-34(45)31-9-7-11-33(25-31)49-40-16-4-1-12-35(40)37-21-19-30(27-47)24-44(37)49/h1-25H. The van der Waals surface area contributed by atoms with Gasteiger partial charge in [-0.3, -0.25) is 0 Å². The van der Waals surface area contributed by atoms with Crippen molar-refractivity contribution in [2.45, 2.75) is 0 Å². The molecule has 0 unspecified atom stereocenters. The summed E-state index contributed by atoms with van der Waals surface area (Å²) in [6.45, 7) is 0. The van der Waals surface area contributed by atoms with E-state index in [1.54, 1.807) is 0 Å². The van der Waals surface area contributed by atoms with Crippen molar-refractivity contribution in [1.29, 1.82) is 15.8 Å². The summed E-state index contributed by atoms with van der Waals surface area (Å²) in [6, 6.07) is 57.8. The molecule has 0 bridgehead atoms. The van der Waals surface area contributed by atoms with Crippen LogP contribution in [0.25, 0.3) is 77.2 Å². The average Bonchev–Trinajstić information content (AvgIpc) is 3.69. The molecule has 0 aliphatic carbocycles. The van der Waals surface area contributed by atoms with Crippen molar-refractivity contribution in [2.75, 3.05) is 0 Å². The highest BCUT2D eigenvalue weighted by Gasteiger charge is 2.21. The molecule has 9 rings (SSSR count). The maximum atomic E-state index is 10.5. The molecule has 0 atom stereocenters. The molecule has 0 saturated heterocycles. The van der Waals surface area contributed by atoms with Crippen LogP contribution in [0.15, 0.2) is 152 Å². The van der Waals surface area contributed by atoms with E-state index in [0.29, 0.717) is 16.7 Å². The molecular formula is C45H25N5. The minimum Gasteiger partial charge on any atom is -0.309 e. The lowest BCUT2D eigenvalue weighted by atomic mass is 9.89. The van der Waals surface area contributed by atoms with Crippen molar-refractivity contribution in [3.63, 3.8) is 0 Å². The number of rotatable bonds is 4. The van der Waals surface area contributed by atoms with Crippen molar-refractivity contribution in [2.24, 2.45) is 0 Å². The van der Waals surface area contributed by atoms with E-state index in [1.807, 2.05) is 91.0 Å². The fraction of sp³-hybridized carbons (Fsp3) is 0. The molecule has 2 aromatic heterocycles. The van der Waals surface area contributed by atoms with Gasteiger partial charge in [-0.15, -0.1) is 0 Å². The minimum absolute atomic E-state index is 0.573. The van der Waals surface area contributed by atoms with E-state index in [0.717, 1.165) is 77.2 Å². The highest BCUT2D eigenvalue weighted by atomic mass is 15.0. The number of nitrogens with zero attached hydrogens (tertiary/aromatic N) is 5. The lowest BCUT2D eigenvalue weighted by Gasteiger charge is -2.18. The third-order valence-corrected chi connectivity index (χ3v) is 9.62. The van der Waals surface area contributed by atoms with Crippen LogP contribution in [-0.4, -0.2) is 9.13 Å². The summed E-state index contributed by atoms with van der Waals surface area (Å²) < 4.78 is 4.45. The zero-order chi connectivity index (χ0) is 33.8. The van der Waals surface area contributed by atoms with Crippen LogP contribution in [-0.2, 0) is 0 Å². The van der Waals surface area contributed by atoms with Crippen LogP contribution in [0.1, 0.15) is 16.7 Å². The first-order chi connectivity index (χ1) is 24.7. The Kier molecular flexibility index (Phi) is 6.56. The SMILES string of the molecule is N#Cc1ccc2c(c1)c1ccccc1n2-c1ccccc1-c1c(C#N)cccc1-c1cccc(-n2c3ccccc3c3ccc(C#N)cc32)c1. The molecule has 0 spiro atoms. The summed E-state index contributed by atoms with van der Waals surface area (Å²) in [5.41, 5.74) is 11.4. The Labute approximate surface area is 287 Å². The van der Waals surface area contributed by atoms with Crippen LogP contribution in [0.4, 0.5) is 0 Å². The molecular weight excluding hydrogens is 611 g/mol. The number of aromatic nitrogens is 2. The van der Waals surface area contributed by atoms with Crippen molar-refractivity contribution in [3.05, 3.63) is 168 Å². The summed E-state index contributed by atoms with van der Waals surface area (Å²) in [6.07, 6.45) is 0. The Morgan fingerprint density at radius 2 is 1.02 bits per heavy atom. The Morgan fingerprint density at radius 3 is 1.82 bits per heavy atom. The molecule has 0 N–H and O–H groups in total. The lowest BCUT2D eigenvalue weighted by Crippen LogP contribution is -2.00. The lowest BCUT2D eigenvalue weighted by molar-refractivity contribution is 1.18. The summed E-state index contributed by atoms with van der Waals surface area (Å²) in [4.78, 5) is 0. The fourth-order valence-corrected chi connectivity index (χ4v) is 7.49. The first kappa shape index (κ1) is 28.8. The molecule has 0 amide bonds. The average molecular weight is 636 g/mol. The van der Waals surface area contributed by atoms with Gasteiger partial charge in [-0.2, -0.15) is 15.8 Å². The first-order valence-corrected chi connectivity index (χ1v) is 16.3. The third kappa shape index (κ3) is 4.31. The molecule has 7 aromatic carbocycles. The first-order valence-electron chi connectivity index (χ1n) is 16.3. The maximum absolute atomic E-state index is 10.5. The van der Waals surface area contributed by atoms with Gasteiger partial charge in [-0.05, 0) is 77.9 Å². The van der Waals surface area contributed by atoms with E-state index in [1.165, 1.54) is 0 Å². The van der Waals surface area contributed by atoms with Crippen LogP contribution >= 0.6 is 0 Å². The van der Waals surface area contributed by atoms with Gasteiger partial charge in [0.2, 0.25) is 0 Å².